The topological polar surface area (TPSA) is 55.8 Å². The van der Waals surface area contributed by atoms with E-state index in [4.69, 9.17) is 9.47 Å². The molecule has 1 N–H and O–H groups in total. The first-order chi connectivity index (χ1) is 10.1. The Kier molecular flexibility index (Phi) is 3.82. The van der Waals surface area contributed by atoms with E-state index in [2.05, 4.69) is 15.9 Å². The Labute approximate surface area is 130 Å². The van der Waals surface area contributed by atoms with Gasteiger partial charge in [-0.15, -0.1) is 0 Å². The van der Waals surface area contributed by atoms with E-state index >= 15 is 0 Å². The molecular weight excluding hydrogens is 343 g/mol. The molecular formula is C15H16BrFO4. The predicted molar refractivity (Wildman–Crippen MR) is 77.5 cm³/mol. The maximum atomic E-state index is 14.7. The highest BCUT2D eigenvalue weighted by Crippen LogP contribution is 2.48. The van der Waals surface area contributed by atoms with Crippen LogP contribution in [0.15, 0.2) is 10.5 Å². The van der Waals surface area contributed by atoms with Gasteiger partial charge in [0.25, 0.3) is 0 Å². The Balaban J connectivity index is 2.17. The van der Waals surface area contributed by atoms with E-state index in [9.17, 15) is 14.3 Å². The number of halogens is 2. The molecule has 1 aliphatic carbocycles. The zero-order valence-corrected chi connectivity index (χ0v) is 13.0. The maximum absolute atomic E-state index is 14.7. The first kappa shape index (κ1) is 14.6. The summed E-state index contributed by atoms with van der Waals surface area (Å²) in [6, 6.07) is 1.51. The van der Waals surface area contributed by atoms with E-state index in [1.165, 1.54) is 6.07 Å². The van der Waals surface area contributed by atoms with Gasteiger partial charge in [0.05, 0.1) is 23.1 Å². The van der Waals surface area contributed by atoms with Crippen LogP contribution >= 0.6 is 15.9 Å². The second-order valence-corrected chi connectivity index (χ2v) is 6.32. The molecule has 1 heterocycles. The van der Waals surface area contributed by atoms with Gasteiger partial charge < -0.3 is 14.6 Å². The molecule has 6 heteroatoms. The molecule has 0 aromatic heterocycles. The van der Waals surface area contributed by atoms with Crippen molar-refractivity contribution in [3.05, 3.63) is 21.9 Å². The molecule has 1 aliphatic heterocycles. The van der Waals surface area contributed by atoms with Crippen LogP contribution in [0.1, 0.15) is 37.7 Å². The highest BCUT2D eigenvalue weighted by Gasteiger charge is 2.46. The summed E-state index contributed by atoms with van der Waals surface area (Å²) in [5, 5.41) is 9.64. The SMILES string of the molecule is O=C(O)C1(c2cc3c(c(Br)c2F)OCCCO3)CCCC1. The Bertz CT molecular complexity index is 582. The third-order valence-electron chi connectivity index (χ3n) is 4.30. The lowest BCUT2D eigenvalue weighted by Crippen LogP contribution is -2.33. The quantitative estimate of drug-likeness (QED) is 0.876. The normalized spacial score (nSPS) is 20.1. The first-order valence-corrected chi connectivity index (χ1v) is 7.87. The molecule has 4 nitrogen and oxygen atoms in total. The van der Waals surface area contributed by atoms with Gasteiger partial charge in [0.2, 0.25) is 0 Å². The number of carboxylic acid groups (broad SMARTS) is 1. The van der Waals surface area contributed by atoms with Crippen molar-refractivity contribution in [2.24, 2.45) is 0 Å². The Morgan fingerprint density at radius 3 is 2.57 bits per heavy atom. The minimum atomic E-state index is -1.16. The molecule has 0 amide bonds. The zero-order valence-electron chi connectivity index (χ0n) is 11.5. The molecule has 0 unspecified atom stereocenters. The number of ether oxygens (including phenoxy) is 2. The van der Waals surface area contributed by atoms with E-state index in [0.717, 1.165) is 12.8 Å². The summed E-state index contributed by atoms with van der Waals surface area (Å²) in [4.78, 5) is 11.8. The van der Waals surface area contributed by atoms with Gasteiger partial charge in [0.15, 0.2) is 11.5 Å². The van der Waals surface area contributed by atoms with Crippen LogP contribution in [0.5, 0.6) is 11.5 Å². The Morgan fingerprint density at radius 2 is 1.90 bits per heavy atom. The van der Waals surface area contributed by atoms with Crippen molar-refractivity contribution in [2.45, 2.75) is 37.5 Å². The molecule has 1 aromatic carbocycles. The summed E-state index contributed by atoms with van der Waals surface area (Å²) < 4.78 is 26.0. The lowest BCUT2D eigenvalue weighted by Gasteiger charge is -2.26. The fourth-order valence-corrected chi connectivity index (χ4v) is 3.69. The van der Waals surface area contributed by atoms with E-state index in [0.29, 0.717) is 44.0 Å². The van der Waals surface area contributed by atoms with Crippen molar-refractivity contribution in [2.75, 3.05) is 13.2 Å². The van der Waals surface area contributed by atoms with Crippen molar-refractivity contribution in [1.82, 2.24) is 0 Å². The molecule has 21 heavy (non-hydrogen) atoms. The van der Waals surface area contributed by atoms with Gasteiger partial charge in [-0.2, -0.15) is 0 Å². The average molecular weight is 359 g/mol. The smallest absolute Gasteiger partial charge is 0.314 e. The van der Waals surface area contributed by atoms with Crippen LogP contribution in [0.4, 0.5) is 4.39 Å². The van der Waals surface area contributed by atoms with Crippen LogP contribution in [-0.2, 0) is 10.2 Å². The van der Waals surface area contributed by atoms with Gasteiger partial charge >= 0.3 is 5.97 Å². The van der Waals surface area contributed by atoms with E-state index in [1.54, 1.807) is 0 Å². The van der Waals surface area contributed by atoms with Gasteiger partial charge in [-0.25, -0.2) is 4.39 Å². The van der Waals surface area contributed by atoms with Gasteiger partial charge in [0.1, 0.15) is 5.82 Å². The van der Waals surface area contributed by atoms with Gasteiger partial charge in [0, 0.05) is 12.0 Å². The van der Waals surface area contributed by atoms with E-state index in [-0.39, 0.29) is 10.0 Å². The number of hydrogen-bond acceptors (Lipinski definition) is 3. The van der Waals surface area contributed by atoms with Crippen molar-refractivity contribution in [3.8, 4) is 11.5 Å². The third-order valence-corrected chi connectivity index (χ3v) is 5.01. The lowest BCUT2D eigenvalue weighted by atomic mass is 9.78. The molecule has 1 saturated carbocycles. The van der Waals surface area contributed by atoms with Crippen LogP contribution in [0, 0.1) is 5.82 Å². The number of carboxylic acids is 1. The number of hydrogen-bond donors (Lipinski definition) is 1. The van der Waals surface area contributed by atoms with E-state index < -0.39 is 17.2 Å². The van der Waals surface area contributed by atoms with Crippen molar-refractivity contribution in [3.63, 3.8) is 0 Å². The van der Waals surface area contributed by atoms with Crippen molar-refractivity contribution in [1.29, 1.82) is 0 Å². The van der Waals surface area contributed by atoms with Crippen LogP contribution < -0.4 is 9.47 Å². The monoisotopic (exact) mass is 358 g/mol. The molecule has 114 valence electrons. The predicted octanol–water partition coefficient (Wildman–Crippen LogP) is 3.65. The summed E-state index contributed by atoms with van der Waals surface area (Å²) in [6.45, 7) is 0.930. The minimum absolute atomic E-state index is 0.157. The summed E-state index contributed by atoms with van der Waals surface area (Å²) in [6.07, 6.45) is 3.19. The highest BCUT2D eigenvalue weighted by molar-refractivity contribution is 9.10. The molecule has 1 aromatic rings. The number of aliphatic carboxylic acids is 1. The summed E-state index contributed by atoms with van der Waals surface area (Å²) >= 11 is 3.20. The maximum Gasteiger partial charge on any atom is 0.314 e. The largest absolute Gasteiger partial charge is 0.490 e. The molecule has 0 spiro atoms. The second-order valence-electron chi connectivity index (χ2n) is 5.52. The number of carbonyl (C=O) groups is 1. The average Bonchev–Trinajstić information content (AvgIpc) is 2.84. The second kappa shape index (κ2) is 5.48. The molecule has 0 atom stereocenters. The molecule has 0 saturated heterocycles. The summed E-state index contributed by atoms with van der Waals surface area (Å²) in [7, 11) is 0. The van der Waals surface area contributed by atoms with Gasteiger partial charge in [-0.3, -0.25) is 4.79 Å². The standard InChI is InChI=1S/C15H16BrFO4/c16-11-12(17)9(15(14(18)19)4-1-2-5-15)8-10-13(11)21-7-3-6-20-10/h8H,1-7H2,(H,18,19). The third kappa shape index (κ3) is 2.29. The van der Waals surface area contributed by atoms with Gasteiger partial charge in [-0.05, 0) is 34.8 Å². The zero-order chi connectivity index (χ0) is 15.0. The number of benzene rings is 1. The summed E-state index contributed by atoms with van der Waals surface area (Å²) in [5.74, 6) is -0.778. The number of fused-ring (bicyclic) bond motifs is 1. The first-order valence-electron chi connectivity index (χ1n) is 7.08. The molecule has 3 rings (SSSR count). The molecule has 0 bridgehead atoms. The van der Waals surface area contributed by atoms with Crippen molar-refractivity contribution < 1.29 is 23.8 Å². The van der Waals surface area contributed by atoms with Crippen LogP contribution in [0.2, 0.25) is 0 Å². The van der Waals surface area contributed by atoms with Crippen molar-refractivity contribution >= 4 is 21.9 Å². The Hall–Kier alpha value is -1.30. The molecule has 0 radical (unpaired) electrons. The van der Waals surface area contributed by atoms with E-state index in [1.807, 2.05) is 0 Å². The van der Waals surface area contributed by atoms with Gasteiger partial charge in [-0.1, -0.05) is 12.8 Å². The Morgan fingerprint density at radius 1 is 1.24 bits per heavy atom. The van der Waals surface area contributed by atoms with Crippen LogP contribution in [-0.4, -0.2) is 24.3 Å². The number of rotatable bonds is 2. The fraction of sp³-hybridized carbons (Fsp3) is 0.533. The van der Waals surface area contributed by atoms with Crippen LogP contribution in [0.25, 0.3) is 0 Å². The lowest BCUT2D eigenvalue weighted by molar-refractivity contribution is -0.143. The van der Waals surface area contributed by atoms with Crippen LogP contribution in [0.3, 0.4) is 0 Å². The minimum Gasteiger partial charge on any atom is -0.490 e. The fourth-order valence-electron chi connectivity index (χ4n) is 3.17. The highest BCUT2D eigenvalue weighted by atomic mass is 79.9. The summed E-state index contributed by atoms with van der Waals surface area (Å²) in [5.41, 5.74) is -0.958. The molecule has 2 aliphatic rings. The molecule has 1 fully saturated rings.